The molecule has 2 rings (SSSR count). The molecule has 1 aromatic rings. The van der Waals surface area contributed by atoms with Crippen LogP contribution in [0.25, 0.3) is 0 Å². The van der Waals surface area contributed by atoms with Crippen LogP contribution in [0.15, 0.2) is 24.3 Å². The molecular weight excluding hydrogens is 202 g/mol. The molecule has 0 amide bonds. The van der Waals surface area contributed by atoms with E-state index < -0.39 is 0 Å². The third kappa shape index (κ3) is 2.98. The molecule has 1 saturated heterocycles. The van der Waals surface area contributed by atoms with Gasteiger partial charge >= 0.3 is 0 Å². The van der Waals surface area contributed by atoms with Crippen molar-refractivity contribution in [2.45, 2.75) is 32.0 Å². The molecule has 1 atom stereocenters. The van der Waals surface area contributed by atoms with Crippen molar-refractivity contribution in [2.75, 3.05) is 6.61 Å². The normalized spacial score (nSPS) is 20.1. The number of hydrogen-bond donors (Lipinski definition) is 0. The fraction of sp³-hybridized carbons (Fsp3) is 0.462. The summed E-state index contributed by atoms with van der Waals surface area (Å²) in [6, 6.07) is 9.77. The number of nitrogens with zero attached hydrogens (tertiary/aromatic N) is 1. The van der Waals surface area contributed by atoms with Crippen LogP contribution in [0.2, 0.25) is 0 Å². The van der Waals surface area contributed by atoms with E-state index in [9.17, 15) is 0 Å². The van der Waals surface area contributed by atoms with Crippen LogP contribution in [0.5, 0.6) is 5.75 Å². The van der Waals surface area contributed by atoms with Crippen molar-refractivity contribution in [1.82, 2.24) is 0 Å². The number of ether oxygens (including phenoxy) is 2. The van der Waals surface area contributed by atoms with Crippen molar-refractivity contribution in [3.05, 3.63) is 29.8 Å². The molecule has 1 unspecified atom stereocenters. The molecular formula is C13H15NO2. The molecule has 0 saturated carbocycles. The van der Waals surface area contributed by atoms with Gasteiger partial charge < -0.3 is 9.47 Å². The van der Waals surface area contributed by atoms with Crippen molar-refractivity contribution >= 4 is 0 Å². The predicted molar refractivity (Wildman–Crippen MR) is 60.0 cm³/mol. The molecule has 0 aliphatic carbocycles. The van der Waals surface area contributed by atoms with Crippen LogP contribution in [0.4, 0.5) is 0 Å². The van der Waals surface area contributed by atoms with Crippen LogP contribution >= 0.6 is 0 Å². The van der Waals surface area contributed by atoms with Gasteiger partial charge in [0.05, 0.1) is 19.1 Å². The highest BCUT2D eigenvalue weighted by atomic mass is 16.7. The van der Waals surface area contributed by atoms with Crippen molar-refractivity contribution in [1.29, 1.82) is 5.26 Å². The van der Waals surface area contributed by atoms with E-state index in [4.69, 9.17) is 14.7 Å². The van der Waals surface area contributed by atoms with Crippen molar-refractivity contribution in [3.63, 3.8) is 0 Å². The minimum absolute atomic E-state index is 0.119. The third-order valence-electron chi connectivity index (χ3n) is 2.59. The average Bonchev–Trinajstić information content (AvgIpc) is 2.31. The van der Waals surface area contributed by atoms with Crippen LogP contribution in [0.1, 0.15) is 24.8 Å². The Morgan fingerprint density at radius 2 is 2.38 bits per heavy atom. The lowest BCUT2D eigenvalue weighted by Crippen LogP contribution is -2.24. The predicted octanol–water partition coefficient (Wildman–Crippen LogP) is 2.66. The SMILES string of the molecule is N#CCc1cccc(OC2CCCCO2)c1. The summed E-state index contributed by atoms with van der Waals surface area (Å²) in [5, 5.41) is 8.62. The molecule has 1 fully saturated rings. The van der Waals surface area contributed by atoms with Gasteiger partial charge in [-0.05, 0) is 30.5 Å². The number of hydrogen-bond acceptors (Lipinski definition) is 3. The molecule has 1 heterocycles. The standard InChI is InChI=1S/C13H15NO2/c14-8-7-11-4-3-5-12(10-11)16-13-6-1-2-9-15-13/h3-5,10,13H,1-2,6-7,9H2. The van der Waals surface area contributed by atoms with Crippen LogP contribution < -0.4 is 4.74 Å². The van der Waals surface area contributed by atoms with Gasteiger partial charge in [-0.3, -0.25) is 0 Å². The Kier molecular flexibility index (Phi) is 3.79. The molecule has 1 aliphatic heterocycles. The first-order valence-corrected chi connectivity index (χ1v) is 5.62. The van der Waals surface area contributed by atoms with Gasteiger partial charge in [0.1, 0.15) is 5.75 Å². The summed E-state index contributed by atoms with van der Waals surface area (Å²) < 4.78 is 11.2. The summed E-state index contributed by atoms with van der Waals surface area (Å²) in [6.07, 6.45) is 3.52. The lowest BCUT2D eigenvalue weighted by atomic mass is 10.1. The van der Waals surface area contributed by atoms with Crippen molar-refractivity contribution < 1.29 is 9.47 Å². The summed E-state index contributed by atoms with van der Waals surface area (Å²) in [7, 11) is 0. The molecule has 0 N–H and O–H groups in total. The van der Waals surface area contributed by atoms with Gasteiger partial charge in [-0.15, -0.1) is 0 Å². The van der Waals surface area contributed by atoms with Crippen molar-refractivity contribution in [3.8, 4) is 11.8 Å². The van der Waals surface area contributed by atoms with Gasteiger partial charge in [0.2, 0.25) is 0 Å². The maximum absolute atomic E-state index is 8.62. The lowest BCUT2D eigenvalue weighted by molar-refractivity contribution is -0.105. The molecule has 3 nitrogen and oxygen atoms in total. The highest BCUT2D eigenvalue weighted by Gasteiger charge is 2.14. The van der Waals surface area contributed by atoms with Crippen molar-refractivity contribution in [2.24, 2.45) is 0 Å². The summed E-state index contributed by atoms with van der Waals surface area (Å²) in [5.41, 5.74) is 0.982. The minimum atomic E-state index is -0.119. The summed E-state index contributed by atoms with van der Waals surface area (Å²) >= 11 is 0. The Labute approximate surface area is 95.6 Å². The van der Waals surface area contributed by atoms with E-state index in [0.29, 0.717) is 6.42 Å². The average molecular weight is 217 g/mol. The van der Waals surface area contributed by atoms with E-state index in [1.54, 1.807) is 0 Å². The second-order valence-electron chi connectivity index (χ2n) is 3.90. The quantitative estimate of drug-likeness (QED) is 0.781. The zero-order chi connectivity index (χ0) is 11.2. The Balaban J connectivity index is 1.97. The maximum Gasteiger partial charge on any atom is 0.199 e. The fourth-order valence-electron chi connectivity index (χ4n) is 1.78. The molecule has 84 valence electrons. The topological polar surface area (TPSA) is 42.2 Å². The second kappa shape index (κ2) is 5.53. The Morgan fingerprint density at radius 1 is 1.44 bits per heavy atom. The highest BCUT2D eigenvalue weighted by Crippen LogP contribution is 2.20. The first-order chi connectivity index (χ1) is 7.88. The Morgan fingerprint density at radius 3 is 3.12 bits per heavy atom. The van der Waals surface area contributed by atoms with Gasteiger partial charge in [-0.25, -0.2) is 0 Å². The third-order valence-corrected chi connectivity index (χ3v) is 2.59. The molecule has 1 aromatic carbocycles. The largest absolute Gasteiger partial charge is 0.465 e. The van der Waals surface area contributed by atoms with Crippen LogP contribution in [-0.4, -0.2) is 12.9 Å². The smallest absolute Gasteiger partial charge is 0.199 e. The second-order valence-corrected chi connectivity index (χ2v) is 3.90. The first-order valence-electron chi connectivity index (χ1n) is 5.62. The van der Waals surface area contributed by atoms with E-state index in [1.165, 1.54) is 0 Å². The molecule has 16 heavy (non-hydrogen) atoms. The summed E-state index contributed by atoms with van der Waals surface area (Å²) in [4.78, 5) is 0. The number of rotatable bonds is 3. The van der Waals surface area contributed by atoms with Crippen LogP contribution in [0.3, 0.4) is 0 Å². The minimum Gasteiger partial charge on any atom is -0.465 e. The van der Waals surface area contributed by atoms with E-state index in [1.807, 2.05) is 24.3 Å². The molecule has 0 aromatic heterocycles. The van der Waals surface area contributed by atoms with Gasteiger partial charge in [0.15, 0.2) is 6.29 Å². The fourth-order valence-corrected chi connectivity index (χ4v) is 1.78. The van der Waals surface area contributed by atoms with E-state index in [-0.39, 0.29) is 6.29 Å². The number of nitriles is 1. The van der Waals surface area contributed by atoms with Crippen LogP contribution in [-0.2, 0) is 11.2 Å². The lowest BCUT2D eigenvalue weighted by Gasteiger charge is -2.23. The van der Waals surface area contributed by atoms with E-state index >= 15 is 0 Å². The molecule has 0 radical (unpaired) electrons. The maximum atomic E-state index is 8.62. The Hall–Kier alpha value is -1.53. The summed E-state index contributed by atoms with van der Waals surface area (Å²) in [5.74, 6) is 0.791. The molecule has 0 bridgehead atoms. The zero-order valence-corrected chi connectivity index (χ0v) is 9.19. The van der Waals surface area contributed by atoms with E-state index in [0.717, 1.165) is 37.2 Å². The van der Waals surface area contributed by atoms with Crippen LogP contribution in [0, 0.1) is 11.3 Å². The van der Waals surface area contributed by atoms with Gasteiger partial charge in [-0.1, -0.05) is 12.1 Å². The number of benzene rings is 1. The highest BCUT2D eigenvalue weighted by molar-refractivity contribution is 5.30. The summed E-state index contributed by atoms with van der Waals surface area (Å²) in [6.45, 7) is 0.780. The zero-order valence-electron chi connectivity index (χ0n) is 9.19. The molecule has 3 heteroatoms. The van der Waals surface area contributed by atoms with E-state index in [2.05, 4.69) is 6.07 Å². The Bertz CT molecular complexity index is 378. The molecule has 0 spiro atoms. The first kappa shape index (κ1) is 11.0. The van der Waals surface area contributed by atoms with Gasteiger partial charge in [0.25, 0.3) is 0 Å². The van der Waals surface area contributed by atoms with Gasteiger partial charge in [-0.2, -0.15) is 5.26 Å². The monoisotopic (exact) mass is 217 g/mol. The molecule has 1 aliphatic rings. The van der Waals surface area contributed by atoms with Gasteiger partial charge in [0, 0.05) is 6.42 Å².